The second-order valence-corrected chi connectivity index (χ2v) is 5.29. The van der Waals surface area contributed by atoms with Crippen molar-refractivity contribution in [2.75, 3.05) is 7.11 Å². The van der Waals surface area contributed by atoms with Gasteiger partial charge in [0, 0.05) is 13.5 Å². The first-order chi connectivity index (χ1) is 7.78. The number of benzene rings is 1. The van der Waals surface area contributed by atoms with E-state index in [1.165, 1.54) is 13.2 Å². The molecule has 0 heterocycles. The van der Waals surface area contributed by atoms with Crippen LogP contribution in [0.15, 0.2) is 16.6 Å². The summed E-state index contributed by atoms with van der Waals surface area (Å²) in [4.78, 5) is 0. The highest BCUT2D eigenvalue weighted by Gasteiger charge is 2.27. The third-order valence-corrected chi connectivity index (χ3v) is 3.26. The molecule has 0 aromatic heterocycles. The van der Waals surface area contributed by atoms with E-state index in [2.05, 4.69) is 15.9 Å². The molecule has 0 radical (unpaired) electrons. The van der Waals surface area contributed by atoms with Crippen molar-refractivity contribution in [3.63, 3.8) is 0 Å². The van der Waals surface area contributed by atoms with Crippen LogP contribution in [0.4, 0.5) is 8.78 Å². The van der Waals surface area contributed by atoms with E-state index in [9.17, 15) is 13.9 Å². The molecule has 1 aromatic rings. The van der Waals surface area contributed by atoms with Crippen LogP contribution in [0.5, 0.6) is 0 Å². The van der Waals surface area contributed by atoms with Crippen molar-refractivity contribution >= 4 is 15.9 Å². The van der Waals surface area contributed by atoms with Crippen LogP contribution in [0.1, 0.15) is 31.9 Å². The Morgan fingerprint density at radius 1 is 1.41 bits per heavy atom. The highest BCUT2D eigenvalue weighted by molar-refractivity contribution is 9.10. The Hall–Kier alpha value is -0.520. The molecule has 1 aromatic carbocycles. The van der Waals surface area contributed by atoms with Gasteiger partial charge in [0.1, 0.15) is 11.6 Å². The number of rotatable bonds is 4. The molecule has 5 heteroatoms. The number of hydrogen-bond acceptors (Lipinski definition) is 2. The summed E-state index contributed by atoms with van der Waals surface area (Å²) >= 11 is 2.96. The van der Waals surface area contributed by atoms with Gasteiger partial charge in [-0.25, -0.2) is 8.78 Å². The van der Waals surface area contributed by atoms with E-state index in [4.69, 9.17) is 4.74 Å². The molecule has 1 rings (SSSR count). The fourth-order valence-corrected chi connectivity index (χ4v) is 1.84. The predicted molar refractivity (Wildman–Crippen MR) is 64.7 cm³/mol. The van der Waals surface area contributed by atoms with Gasteiger partial charge in [-0.1, -0.05) is 0 Å². The standard InChI is InChI=1S/C12H15BrF2O2/c1-12(2,17-3)6-9(16)10-8(14)5-4-7(13)11(10)15/h4-5,9,16H,6H2,1-3H3. The van der Waals surface area contributed by atoms with Gasteiger partial charge in [-0.2, -0.15) is 0 Å². The normalized spacial score (nSPS) is 13.8. The average Bonchev–Trinajstić information content (AvgIpc) is 2.23. The van der Waals surface area contributed by atoms with Crippen molar-refractivity contribution in [2.45, 2.75) is 32.0 Å². The van der Waals surface area contributed by atoms with Crippen LogP contribution in [-0.4, -0.2) is 17.8 Å². The maximum absolute atomic E-state index is 13.7. The second kappa shape index (κ2) is 5.42. The Kier molecular flexibility index (Phi) is 4.63. The van der Waals surface area contributed by atoms with Gasteiger partial charge in [-0.05, 0) is 41.9 Å². The SMILES string of the molecule is COC(C)(C)CC(O)c1c(F)ccc(Br)c1F. The summed E-state index contributed by atoms with van der Waals surface area (Å²) in [6.07, 6.45) is -1.14. The lowest BCUT2D eigenvalue weighted by molar-refractivity contribution is -0.0215. The van der Waals surface area contributed by atoms with Gasteiger partial charge in [0.15, 0.2) is 0 Å². The van der Waals surface area contributed by atoms with Gasteiger partial charge in [0.25, 0.3) is 0 Å². The lowest BCUT2D eigenvalue weighted by atomic mass is 9.95. The monoisotopic (exact) mass is 308 g/mol. The Morgan fingerprint density at radius 2 is 2.00 bits per heavy atom. The van der Waals surface area contributed by atoms with Gasteiger partial charge in [-0.3, -0.25) is 0 Å². The first-order valence-electron chi connectivity index (χ1n) is 5.15. The molecular weight excluding hydrogens is 294 g/mol. The molecule has 0 aliphatic carbocycles. The topological polar surface area (TPSA) is 29.5 Å². The highest BCUT2D eigenvalue weighted by Crippen LogP contribution is 2.32. The van der Waals surface area contributed by atoms with Gasteiger partial charge >= 0.3 is 0 Å². The maximum Gasteiger partial charge on any atom is 0.146 e. The minimum absolute atomic E-state index is 0.105. The average molecular weight is 309 g/mol. The zero-order chi connectivity index (χ0) is 13.2. The number of aliphatic hydroxyl groups excluding tert-OH is 1. The summed E-state index contributed by atoms with van der Waals surface area (Å²) in [5, 5.41) is 9.89. The first-order valence-corrected chi connectivity index (χ1v) is 5.94. The smallest absolute Gasteiger partial charge is 0.146 e. The first kappa shape index (κ1) is 14.5. The summed E-state index contributed by atoms with van der Waals surface area (Å²) in [6, 6.07) is 2.38. The molecular formula is C12H15BrF2O2. The fraction of sp³-hybridized carbons (Fsp3) is 0.500. The summed E-state index contributed by atoms with van der Waals surface area (Å²) in [7, 11) is 1.49. The third-order valence-electron chi connectivity index (χ3n) is 2.65. The van der Waals surface area contributed by atoms with Crippen LogP contribution in [0.3, 0.4) is 0 Å². The Morgan fingerprint density at radius 3 is 2.53 bits per heavy atom. The zero-order valence-electron chi connectivity index (χ0n) is 9.93. The molecule has 0 fully saturated rings. The summed E-state index contributed by atoms with van der Waals surface area (Å²) in [6.45, 7) is 3.48. The third kappa shape index (κ3) is 3.47. The van der Waals surface area contributed by atoms with E-state index in [1.54, 1.807) is 13.8 Å². The molecule has 0 spiro atoms. The van der Waals surface area contributed by atoms with Crippen LogP contribution in [0, 0.1) is 11.6 Å². The van der Waals surface area contributed by atoms with Crippen molar-refractivity contribution in [2.24, 2.45) is 0 Å². The number of aliphatic hydroxyl groups is 1. The van der Waals surface area contributed by atoms with Crippen molar-refractivity contribution in [3.05, 3.63) is 33.8 Å². The minimum Gasteiger partial charge on any atom is -0.388 e. The number of halogens is 3. The van der Waals surface area contributed by atoms with Gasteiger partial charge in [0.05, 0.1) is 21.7 Å². The fourth-order valence-electron chi connectivity index (χ4n) is 1.50. The molecule has 1 unspecified atom stereocenters. The van der Waals surface area contributed by atoms with Gasteiger partial charge in [-0.15, -0.1) is 0 Å². The summed E-state index contributed by atoms with van der Waals surface area (Å²) in [5.41, 5.74) is -0.981. The van der Waals surface area contributed by atoms with Gasteiger partial charge < -0.3 is 9.84 Å². The molecule has 17 heavy (non-hydrogen) atoms. The van der Waals surface area contributed by atoms with E-state index < -0.39 is 23.3 Å². The second-order valence-electron chi connectivity index (χ2n) is 4.44. The molecule has 0 aliphatic rings. The molecule has 0 bridgehead atoms. The molecule has 2 nitrogen and oxygen atoms in total. The number of hydrogen-bond donors (Lipinski definition) is 1. The van der Waals surface area contributed by atoms with Crippen molar-refractivity contribution in [1.29, 1.82) is 0 Å². The molecule has 0 saturated heterocycles. The molecule has 0 amide bonds. The van der Waals surface area contributed by atoms with Crippen LogP contribution in [0.25, 0.3) is 0 Å². The molecule has 1 atom stereocenters. The molecule has 0 saturated carbocycles. The van der Waals surface area contributed by atoms with Gasteiger partial charge in [0.2, 0.25) is 0 Å². The van der Waals surface area contributed by atoms with Crippen LogP contribution < -0.4 is 0 Å². The quantitative estimate of drug-likeness (QED) is 0.862. The van der Waals surface area contributed by atoms with Crippen LogP contribution in [-0.2, 0) is 4.74 Å². The predicted octanol–water partition coefficient (Wildman–Crippen LogP) is 3.58. The van der Waals surface area contributed by atoms with E-state index in [-0.39, 0.29) is 16.5 Å². The largest absolute Gasteiger partial charge is 0.388 e. The van der Waals surface area contributed by atoms with Crippen molar-refractivity contribution in [3.8, 4) is 0 Å². The van der Waals surface area contributed by atoms with E-state index in [0.29, 0.717) is 0 Å². The number of ether oxygens (including phenoxy) is 1. The Bertz CT molecular complexity index is 408. The van der Waals surface area contributed by atoms with Crippen LogP contribution >= 0.6 is 15.9 Å². The molecule has 1 N–H and O–H groups in total. The van der Waals surface area contributed by atoms with Crippen molar-refractivity contribution in [1.82, 2.24) is 0 Å². The molecule has 96 valence electrons. The van der Waals surface area contributed by atoms with E-state index >= 15 is 0 Å². The summed E-state index contributed by atoms with van der Waals surface area (Å²) < 4.78 is 32.5. The number of methoxy groups -OCH3 is 1. The lowest BCUT2D eigenvalue weighted by Gasteiger charge is -2.26. The van der Waals surface area contributed by atoms with E-state index in [0.717, 1.165) is 6.07 Å². The van der Waals surface area contributed by atoms with E-state index in [1.807, 2.05) is 0 Å². The highest BCUT2D eigenvalue weighted by atomic mass is 79.9. The maximum atomic E-state index is 13.7. The van der Waals surface area contributed by atoms with Crippen LogP contribution in [0.2, 0.25) is 0 Å². The Balaban J connectivity index is 3.04. The minimum atomic E-state index is -1.25. The van der Waals surface area contributed by atoms with Crippen molar-refractivity contribution < 1.29 is 18.6 Å². The summed E-state index contributed by atoms with van der Waals surface area (Å²) in [5.74, 6) is -1.53. The lowest BCUT2D eigenvalue weighted by Crippen LogP contribution is -2.26. The molecule has 0 aliphatic heterocycles. The Labute approximate surface area is 108 Å². The zero-order valence-corrected chi connectivity index (χ0v) is 11.5.